The van der Waals surface area contributed by atoms with Gasteiger partial charge in [-0.3, -0.25) is 0 Å². The number of nitrogens with zero attached hydrogens (tertiary/aromatic N) is 2. The highest BCUT2D eigenvalue weighted by molar-refractivity contribution is 6.04. The number of fused-ring (bicyclic) bond motifs is 2. The third kappa shape index (κ3) is 3.15. The van der Waals surface area contributed by atoms with Gasteiger partial charge in [-0.1, -0.05) is 25.1 Å². The zero-order valence-corrected chi connectivity index (χ0v) is 17.7. The molecule has 0 atom stereocenters. The second-order valence-electron chi connectivity index (χ2n) is 7.64. The predicted octanol–water partition coefficient (Wildman–Crippen LogP) is 5.07. The van der Waals surface area contributed by atoms with E-state index in [0.29, 0.717) is 5.36 Å². The molecule has 1 aliphatic heterocycles. The number of benzene rings is 3. The number of aromatic nitrogens is 1. The monoisotopic (exact) mass is 385 g/mol. The zero-order valence-electron chi connectivity index (χ0n) is 17.7. The summed E-state index contributed by atoms with van der Waals surface area (Å²) < 4.78 is 7.74. The van der Waals surface area contributed by atoms with E-state index in [1.54, 1.807) is 7.11 Å². The van der Waals surface area contributed by atoms with Gasteiger partial charge in [0.1, 0.15) is 5.75 Å². The van der Waals surface area contributed by atoms with E-state index in [9.17, 15) is 0 Å². The quantitative estimate of drug-likeness (QED) is 0.499. The Morgan fingerprint density at radius 1 is 1.00 bits per heavy atom. The highest BCUT2D eigenvalue weighted by Crippen LogP contribution is 2.41. The molecule has 0 amide bonds. The smallest absolute Gasteiger partial charge is 0.122 e. The molecule has 0 saturated heterocycles. The van der Waals surface area contributed by atoms with E-state index in [4.69, 9.17) is 10.1 Å². The number of rotatable bonds is 4. The largest absolute Gasteiger partial charge is 0.496 e. The lowest BCUT2D eigenvalue weighted by Crippen LogP contribution is -2.11. The van der Waals surface area contributed by atoms with Crippen LogP contribution in [0.5, 0.6) is 5.75 Å². The van der Waals surface area contributed by atoms with Gasteiger partial charge < -0.3 is 19.6 Å². The van der Waals surface area contributed by atoms with E-state index in [0.717, 1.165) is 34.6 Å². The second kappa shape index (κ2) is 7.28. The molecule has 0 saturated carbocycles. The summed E-state index contributed by atoms with van der Waals surface area (Å²) in [5.41, 5.74) is 8.10. The number of hydrogen-bond acceptors (Lipinski definition) is 3. The van der Waals surface area contributed by atoms with Crippen LogP contribution in [0, 0.1) is 5.41 Å². The van der Waals surface area contributed by atoms with Gasteiger partial charge >= 0.3 is 0 Å². The number of ether oxygens (including phenoxy) is 1. The Labute approximate surface area is 171 Å². The van der Waals surface area contributed by atoms with Gasteiger partial charge in [0.25, 0.3) is 0 Å². The van der Waals surface area contributed by atoms with Gasteiger partial charge in [0, 0.05) is 43.3 Å². The average molecular weight is 386 g/mol. The Bertz CT molecular complexity index is 1240. The Morgan fingerprint density at radius 2 is 1.79 bits per heavy atom. The summed E-state index contributed by atoms with van der Waals surface area (Å²) in [6.07, 6.45) is 0.912. The molecule has 4 rings (SSSR count). The molecule has 0 radical (unpaired) electrons. The summed E-state index contributed by atoms with van der Waals surface area (Å²) in [5.74, 6) is 0.926. The maximum atomic E-state index is 8.15. The molecule has 2 aromatic carbocycles. The number of anilines is 1. The van der Waals surface area contributed by atoms with Gasteiger partial charge in [-0.25, -0.2) is 0 Å². The van der Waals surface area contributed by atoms with Crippen molar-refractivity contribution in [2.75, 3.05) is 26.1 Å². The molecule has 148 valence electrons. The number of hydrogen-bond donors (Lipinski definition) is 1. The minimum Gasteiger partial charge on any atom is -0.496 e. The minimum absolute atomic E-state index is 0.520. The van der Waals surface area contributed by atoms with Crippen molar-refractivity contribution in [1.29, 1.82) is 5.41 Å². The van der Waals surface area contributed by atoms with E-state index in [-0.39, 0.29) is 0 Å². The van der Waals surface area contributed by atoms with Crippen LogP contribution in [0.15, 0.2) is 54.6 Å². The average Bonchev–Trinajstić information content (AvgIpc) is 2.73. The van der Waals surface area contributed by atoms with Crippen LogP contribution < -0.4 is 15.0 Å². The van der Waals surface area contributed by atoms with Gasteiger partial charge in [-0.2, -0.15) is 0 Å². The van der Waals surface area contributed by atoms with Crippen molar-refractivity contribution >= 4 is 16.6 Å². The first kappa shape index (κ1) is 19.1. The normalized spacial score (nSPS) is 11.2. The standard InChI is InChI=1S/C25H27N3O/c1-6-16-13-17(7-12-24(16)29-5)25-20-10-8-18(26)14-22(20)28(4)23-15-19(27(2)3)9-11-21(23)25/h7-15,26H,6H2,1-5H3. The van der Waals surface area contributed by atoms with Gasteiger partial charge in [0.2, 0.25) is 0 Å². The Balaban J connectivity index is 2.14. The van der Waals surface area contributed by atoms with Crippen molar-refractivity contribution in [3.05, 3.63) is 65.5 Å². The van der Waals surface area contributed by atoms with Crippen molar-refractivity contribution in [3.63, 3.8) is 0 Å². The SMILES string of the molecule is CCc1cc(-c2c3ccc(=N)cc-3n(C)c3cc(N(C)C)ccc23)ccc1OC. The molecule has 0 bridgehead atoms. The number of aryl methyl sites for hydroxylation is 2. The molecule has 2 aliphatic rings. The molecule has 1 heterocycles. The van der Waals surface area contributed by atoms with Gasteiger partial charge in [-0.15, -0.1) is 0 Å². The van der Waals surface area contributed by atoms with Gasteiger partial charge in [0.05, 0.1) is 23.7 Å². The third-order valence-electron chi connectivity index (χ3n) is 5.71. The molecule has 0 fully saturated rings. The Morgan fingerprint density at radius 3 is 2.48 bits per heavy atom. The predicted molar refractivity (Wildman–Crippen MR) is 121 cm³/mol. The van der Waals surface area contributed by atoms with E-state index >= 15 is 0 Å². The van der Waals surface area contributed by atoms with Gasteiger partial charge in [0.15, 0.2) is 0 Å². The summed E-state index contributed by atoms with van der Waals surface area (Å²) in [5, 5.41) is 9.87. The highest BCUT2D eigenvalue weighted by atomic mass is 16.5. The zero-order chi connectivity index (χ0) is 20.7. The molecule has 29 heavy (non-hydrogen) atoms. The molecular weight excluding hydrogens is 358 g/mol. The Hall–Kier alpha value is -3.27. The molecule has 4 nitrogen and oxygen atoms in total. The molecule has 0 unspecified atom stereocenters. The van der Waals surface area contributed by atoms with E-state index in [2.05, 4.69) is 80.0 Å². The fourth-order valence-corrected chi connectivity index (χ4v) is 4.10. The van der Waals surface area contributed by atoms with Crippen molar-refractivity contribution in [2.24, 2.45) is 7.05 Å². The van der Waals surface area contributed by atoms with Crippen LogP contribution in [0.2, 0.25) is 0 Å². The Kier molecular flexibility index (Phi) is 4.79. The first-order valence-electron chi connectivity index (χ1n) is 9.90. The number of pyridine rings is 1. The van der Waals surface area contributed by atoms with Crippen LogP contribution in [0.1, 0.15) is 12.5 Å². The molecule has 4 heteroatoms. The topological polar surface area (TPSA) is 41.2 Å². The molecule has 1 aliphatic carbocycles. The molecular formula is C25H27N3O. The molecule has 0 aromatic heterocycles. The van der Waals surface area contributed by atoms with Crippen molar-refractivity contribution < 1.29 is 4.74 Å². The summed E-state index contributed by atoms with van der Waals surface area (Å²) >= 11 is 0. The lowest BCUT2D eigenvalue weighted by atomic mass is 9.90. The van der Waals surface area contributed by atoms with Crippen LogP contribution in [0.25, 0.3) is 33.3 Å². The van der Waals surface area contributed by atoms with E-state index in [1.807, 2.05) is 12.1 Å². The maximum Gasteiger partial charge on any atom is 0.122 e. The number of nitrogens with one attached hydrogen (secondary N) is 1. The summed E-state index contributed by atoms with van der Waals surface area (Å²) in [4.78, 5) is 2.12. The highest BCUT2D eigenvalue weighted by Gasteiger charge is 2.18. The maximum absolute atomic E-state index is 8.15. The second-order valence-corrected chi connectivity index (χ2v) is 7.64. The lowest BCUT2D eigenvalue weighted by Gasteiger charge is -2.23. The number of methoxy groups -OCH3 is 1. The van der Waals surface area contributed by atoms with Crippen LogP contribution in [0.3, 0.4) is 0 Å². The first-order chi connectivity index (χ1) is 13.9. The fraction of sp³-hybridized carbons (Fsp3) is 0.240. The van der Waals surface area contributed by atoms with Crippen LogP contribution in [-0.4, -0.2) is 25.8 Å². The van der Waals surface area contributed by atoms with Crippen molar-refractivity contribution in [2.45, 2.75) is 13.3 Å². The van der Waals surface area contributed by atoms with Crippen molar-refractivity contribution in [1.82, 2.24) is 4.57 Å². The van der Waals surface area contributed by atoms with Crippen LogP contribution in [-0.2, 0) is 13.5 Å². The first-order valence-corrected chi connectivity index (χ1v) is 9.90. The summed E-state index contributed by atoms with van der Waals surface area (Å²) in [7, 11) is 7.92. The van der Waals surface area contributed by atoms with E-state index < -0.39 is 0 Å². The van der Waals surface area contributed by atoms with Gasteiger partial charge in [-0.05, 0) is 53.9 Å². The summed E-state index contributed by atoms with van der Waals surface area (Å²) in [6, 6.07) is 18.9. The third-order valence-corrected chi connectivity index (χ3v) is 5.71. The lowest BCUT2D eigenvalue weighted by molar-refractivity contribution is 0.410. The molecule has 1 N–H and O–H groups in total. The summed E-state index contributed by atoms with van der Waals surface area (Å²) in [6.45, 7) is 2.15. The minimum atomic E-state index is 0.520. The van der Waals surface area contributed by atoms with Crippen LogP contribution in [0.4, 0.5) is 5.69 Å². The van der Waals surface area contributed by atoms with Crippen molar-refractivity contribution in [3.8, 4) is 28.1 Å². The molecule has 0 spiro atoms. The molecule has 2 aromatic rings. The van der Waals surface area contributed by atoms with E-state index in [1.165, 1.54) is 22.1 Å². The van der Waals surface area contributed by atoms with Crippen LogP contribution >= 0.6 is 0 Å². The fourth-order valence-electron chi connectivity index (χ4n) is 4.10.